The molecule has 0 aromatic heterocycles. The maximum Gasteiger partial charge on any atom is 2.00 e. The van der Waals surface area contributed by atoms with Crippen molar-refractivity contribution in [2.45, 2.75) is 133 Å². The van der Waals surface area contributed by atoms with Gasteiger partial charge in [0, 0.05) is 0 Å². The zero-order chi connectivity index (χ0) is 34.2. The quantitative estimate of drug-likeness (QED) is 0.219. The van der Waals surface area contributed by atoms with Gasteiger partial charge in [-0.15, -0.1) is 0 Å². The first-order valence-corrected chi connectivity index (χ1v) is 16.0. The minimum atomic E-state index is -1.18. The third kappa shape index (κ3) is 10.2. The average Bonchev–Trinajstić information content (AvgIpc) is 3.39. The van der Waals surface area contributed by atoms with E-state index in [-0.39, 0.29) is 69.7 Å². The van der Waals surface area contributed by atoms with Crippen LogP contribution in [-0.4, -0.2) is 69.6 Å². The Bertz CT molecular complexity index is 1140. The number of amides is 2. The van der Waals surface area contributed by atoms with Crippen molar-refractivity contribution in [3.63, 3.8) is 0 Å². The van der Waals surface area contributed by atoms with Gasteiger partial charge >= 0.3 is 23.1 Å². The summed E-state index contributed by atoms with van der Waals surface area (Å²) in [5, 5.41) is 28.7. The number of amidine groups is 2. The number of carbonyl (C=O) groups excluding carboxylic acids is 4. The maximum absolute atomic E-state index is 12.3. The van der Waals surface area contributed by atoms with Crippen LogP contribution >= 0.6 is 0 Å². The van der Waals surface area contributed by atoms with Crippen molar-refractivity contribution < 1.29 is 29.4 Å². The molecule has 0 saturated carbocycles. The predicted octanol–water partition coefficient (Wildman–Crippen LogP) is 3.26. The molecule has 2 heterocycles. The van der Waals surface area contributed by atoms with Crippen LogP contribution in [0.3, 0.4) is 0 Å². The monoisotopic (exact) mass is 638 g/mol. The predicted molar refractivity (Wildman–Crippen MR) is 176 cm³/mol. The largest absolute Gasteiger partial charge is 2.00 e. The van der Waals surface area contributed by atoms with Crippen molar-refractivity contribution in [1.29, 1.82) is 0 Å². The second-order valence-corrected chi connectivity index (χ2v) is 13.3. The smallest absolute Gasteiger partial charge is 0.545 e. The van der Waals surface area contributed by atoms with Gasteiger partial charge in [-0.05, 0) is 85.5 Å². The number of rotatable bonds is 14. The average molecular weight is 639 g/mol. The molecule has 2 aliphatic heterocycles. The molecule has 0 aliphatic carbocycles. The molecular weight excluding hydrogens is 585 g/mol. The van der Waals surface area contributed by atoms with Gasteiger partial charge < -0.3 is 30.4 Å². The fourth-order valence-electron chi connectivity index (χ4n) is 5.04. The molecule has 0 spiro atoms. The topological polar surface area (TPSA) is 163 Å². The normalized spacial score (nSPS) is 22.2. The summed E-state index contributed by atoms with van der Waals surface area (Å²) in [5.41, 5.74) is -0.00748. The SMILES string of the molecule is CCCC/C(C1=NC(C)(C(C)C)C(=O)N1)=C(\C(=O)[O-])C(C)C.CCCC/C(C1=NC(C)(C(C)C)C(=O)N1)=C(\C(=O)[O-])C(C)C.[Mg+2]. The molecule has 10 nitrogen and oxygen atoms in total. The summed E-state index contributed by atoms with van der Waals surface area (Å²) in [6.07, 6.45) is 4.70. The standard InChI is InChI=1S/2C17H28N2O3.Mg/c2*1-7-8-9-12(13(10(2)3)15(20)21)14-18-16(22)17(6,19-14)11(4)5;/h2*10-11H,7-9H2,1-6H3,(H,20,21)(H,18,19,22);/q;;+2/p-2/b2*13-12+;. The number of carboxylic acid groups (broad SMARTS) is 2. The Balaban J connectivity index is 0.000000842. The molecule has 2 amide bonds. The van der Waals surface area contributed by atoms with E-state index in [1.54, 1.807) is 13.8 Å². The molecule has 0 aromatic carbocycles. The Labute approximate surface area is 286 Å². The summed E-state index contributed by atoms with van der Waals surface area (Å²) >= 11 is 0. The first-order valence-electron chi connectivity index (χ1n) is 16.0. The number of hydrogen-bond acceptors (Lipinski definition) is 8. The maximum atomic E-state index is 12.3. The van der Waals surface area contributed by atoms with Crippen LogP contribution in [0.2, 0.25) is 0 Å². The third-order valence-corrected chi connectivity index (χ3v) is 8.70. The van der Waals surface area contributed by atoms with Crippen LogP contribution in [0, 0.1) is 23.7 Å². The molecule has 2 atom stereocenters. The summed E-state index contributed by atoms with van der Waals surface area (Å²) in [6, 6.07) is 0. The van der Waals surface area contributed by atoms with Gasteiger partial charge in [-0.25, -0.2) is 0 Å². The van der Waals surface area contributed by atoms with E-state index in [2.05, 4.69) is 20.6 Å². The molecule has 248 valence electrons. The minimum absolute atomic E-state index is 0. The second kappa shape index (κ2) is 18.0. The number of unbranched alkanes of at least 4 members (excludes halogenated alkanes) is 2. The number of carbonyl (C=O) groups is 4. The number of aliphatic imine (C=N–C) groups is 2. The minimum Gasteiger partial charge on any atom is -0.545 e. The number of nitrogens with one attached hydrogen (secondary N) is 2. The molecule has 0 aromatic rings. The van der Waals surface area contributed by atoms with Crippen molar-refractivity contribution in [3.05, 3.63) is 22.3 Å². The van der Waals surface area contributed by atoms with E-state index < -0.39 is 23.0 Å². The van der Waals surface area contributed by atoms with Gasteiger partial charge in [0.15, 0.2) is 0 Å². The van der Waals surface area contributed by atoms with E-state index in [1.807, 2.05) is 69.2 Å². The van der Waals surface area contributed by atoms with E-state index in [1.165, 1.54) is 0 Å². The van der Waals surface area contributed by atoms with Crippen LogP contribution in [0.5, 0.6) is 0 Å². The van der Waals surface area contributed by atoms with Gasteiger partial charge in [-0.2, -0.15) is 0 Å². The summed E-state index contributed by atoms with van der Waals surface area (Å²) < 4.78 is 0. The van der Waals surface area contributed by atoms with E-state index in [9.17, 15) is 29.4 Å². The van der Waals surface area contributed by atoms with Crippen molar-refractivity contribution in [3.8, 4) is 0 Å². The molecule has 0 fully saturated rings. The number of hydrogen-bond donors (Lipinski definition) is 2. The van der Waals surface area contributed by atoms with Gasteiger partial charge in [-0.1, -0.05) is 82.1 Å². The van der Waals surface area contributed by atoms with Crippen LogP contribution in [0.15, 0.2) is 32.3 Å². The fourth-order valence-corrected chi connectivity index (χ4v) is 5.04. The molecule has 11 heteroatoms. The van der Waals surface area contributed by atoms with Gasteiger partial charge in [0.2, 0.25) is 0 Å². The molecular formula is C34H54MgN4O6. The Morgan fingerprint density at radius 1 is 0.667 bits per heavy atom. The van der Waals surface area contributed by atoms with E-state index in [0.29, 0.717) is 35.7 Å². The van der Waals surface area contributed by atoms with Crippen LogP contribution in [0.25, 0.3) is 0 Å². The molecule has 2 aliphatic rings. The molecule has 2 rings (SSSR count). The summed E-state index contributed by atoms with van der Waals surface area (Å²) in [7, 11) is 0. The Hall–Kier alpha value is -2.53. The third-order valence-electron chi connectivity index (χ3n) is 8.70. The van der Waals surface area contributed by atoms with Gasteiger partial charge in [0.05, 0.1) is 11.9 Å². The molecule has 2 unspecified atom stereocenters. The van der Waals surface area contributed by atoms with Gasteiger partial charge in [0.25, 0.3) is 11.8 Å². The molecule has 2 N–H and O–H groups in total. The van der Waals surface area contributed by atoms with Crippen molar-refractivity contribution in [2.24, 2.45) is 33.7 Å². The Kier molecular flexibility index (Phi) is 17.0. The fraction of sp³-hybridized carbons (Fsp3) is 0.706. The van der Waals surface area contributed by atoms with Crippen molar-refractivity contribution in [2.75, 3.05) is 0 Å². The first-order chi connectivity index (χ1) is 20.3. The van der Waals surface area contributed by atoms with Crippen LogP contribution in [0.4, 0.5) is 0 Å². The number of carboxylic acids is 2. The summed E-state index contributed by atoms with van der Waals surface area (Å²) in [6.45, 7) is 22.6. The summed E-state index contributed by atoms with van der Waals surface area (Å²) in [4.78, 5) is 56.7. The van der Waals surface area contributed by atoms with Gasteiger partial charge in [0.1, 0.15) is 22.7 Å². The van der Waals surface area contributed by atoms with Crippen LogP contribution in [-0.2, 0) is 19.2 Å². The van der Waals surface area contributed by atoms with Crippen LogP contribution < -0.4 is 20.8 Å². The van der Waals surface area contributed by atoms with E-state index in [4.69, 9.17) is 0 Å². The molecule has 0 bridgehead atoms. The Morgan fingerprint density at radius 2 is 0.956 bits per heavy atom. The molecule has 0 saturated heterocycles. The van der Waals surface area contributed by atoms with Crippen LogP contribution in [0.1, 0.15) is 122 Å². The first kappa shape index (κ1) is 42.5. The second-order valence-electron chi connectivity index (χ2n) is 13.3. The number of nitrogens with zero attached hydrogens (tertiary/aromatic N) is 2. The van der Waals surface area contributed by atoms with Gasteiger partial charge in [-0.3, -0.25) is 19.6 Å². The van der Waals surface area contributed by atoms with E-state index in [0.717, 1.165) is 25.7 Å². The summed E-state index contributed by atoms with van der Waals surface area (Å²) in [5.74, 6) is -2.23. The van der Waals surface area contributed by atoms with E-state index >= 15 is 0 Å². The zero-order valence-corrected chi connectivity index (χ0v) is 31.0. The number of aliphatic carboxylic acids is 2. The molecule has 45 heavy (non-hydrogen) atoms. The molecule has 0 radical (unpaired) electrons. The Morgan fingerprint density at radius 3 is 1.13 bits per heavy atom. The van der Waals surface area contributed by atoms with Crippen molar-refractivity contribution in [1.82, 2.24) is 10.6 Å². The van der Waals surface area contributed by atoms with Crippen molar-refractivity contribution >= 4 is 58.5 Å². The zero-order valence-electron chi connectivity index (χ0n) is 29.6.